The highest BCUT2D eigenvalue weighted by Crippen LogP contribution is 2.19. The highest BCUT2D eigenvalue weighted by molar-refractivity contribution is 6.17. The van der Waals surface area contributed by atoms with Crippen molar-refractivity contribution in [3.63, 3.8) is 0 Å². The minimum absolute atomic E-state index is 0.184. The summed E-state index contributed by atoms with van der Waals surface area (Å²) in [6.45, 7) is 2.92. The summed E-state index contributed by atoms with van der Waals surface area (Å²) in [7, 11) is 1.85. The lowest BCUT2D eigenvalue weighted by atomic mass is 10.2. The molecule has 0 aliphatic heterocycles. The molecule has 1 heterocycles. The Morgan fingerprint density at radius 1 is 1.53 bits per heavy atom. The molecule has 0 bridgehead atoms. The number of rotatable bonds is 5. The van der Waals surface area contributed by atoms with Gasteiger partial charge in [-0.1, -0.05) is 13.3 Å². The fourth-order valence-electron chi connectivity index (χ4n) is 1.34. The van der Waals surface area contributed by atoms with E-state index in [2.05, 4.69) is 11.9 Å². The van der Waals surface area contributed by atoms with E-state index in [0.29, 0.717) is 11.4 Å². The van der Waals surface area contributed by atoms with Gasteiger partial charge in [0.15, 0.2) is 11.6 Å². The number of pyridine rings is 1. The van der Waals surface area contributed by atoms with Gasteiger partial charge in [-0.05, 0) is 12.5 Å². The van der Waals surface area contributed by atoms with Crippen LogP contribution in [0.25, 0.3) is 0 Å². The summed E-state index contributed by atoms with van der Waals surface area (Å²) in [6, 6.07) is 1.61. The van der Waals surface area contributed by atoms with Crippen molar-refractivity contribution in [1.82, 2.24) is 4.98 Å². The number of unbranched alkanes of at least 4 members (excludes halogenated alkanes) is 1. The van der Waals surface area contributed by atoms with E-state index in [1.807, 2.05) is 11.9 Å². The molecule has 0 saturated carbocycles. The van der Waals surface area contributed by atoms with Crippen LogP contribution in [0.2, 0.25) is 0 Å². The first-order chi connectivity index (χ1) is 7.20. The standard InChI is InChI=1S/C11H16ClFN2/c1-3-4-7-15(2)11-10(13)9(8-12)5-6-14-11/h5-6H,3-4,7-8H2,1-2H3. The molecule has 1 aromatic heterocycles. The Balaban J connectivity index is 2.83. The largest absolute Gasteiger partial charge is 0.357 e. The van der Waals surface area contributed by atoms with E-state index in [1.54, 1.807) is 12.3 Å². The molecule has 0 saturated heterocycles. The number of anilines is 1. The van der Waals surface area contributed by atoms with E-state index in [-0.39, 0.29) is 11.7 Å². The smallest absolute Gasteiger partial charge is 0.170 e. The maximum atomic E-state index is 13.8. The summed E-state index contributed by atoms with van der Waals surface area (Å²) in [6.07, 6.45) is 3.71. The maximum Gasteiger partial charge on any atom is 0.170 e. The van der Waals surface area contributed by atoms with Gasteiger partial charge in [0.25, 0.3) is 0 Å². The maximum absolute atomic E-state index is 13.8. The second-order valence-corrected chi connectivity index (χ2v) is 3.78. The van der Waals surface area contributed by atoms with Crippen LogP contribution in [0, 0.1) is 5.82 Å². The Hall–Kier alpha value is -0.830. The molecule has 0 aromatic carbocycles. The highest BCUT2D eigenvalue weighted by atomic mass is 35.5. The average Bonchev–Trinajstić information content (AvgIpc) is 2.26. The number of halogens is 2. The molecule has 0 aliphatic carbocycles. The normalized spacial score (nSPS) is 10.4. The third-order valence-electron chi connectivity index (χ3n) is 2.30. The van der Waals surface area contributed by atoms with Gasteiger partial charge >= 0.3 is 0 Å². The van der Waals surface area contributed by atoms with Crippen molar-refractivity contribution >= 4 is 17.4 Å². The van der Waals surface area contributed by atoms with E-state index in [0.717, 1.165) is 19.4 Å². The Morgan fingerprint density at radius 3 is 2.87 bits per heavy atom. The van der Waals surface area contributed by atoms with E-state index in [4.69, 9.17) is 11.6 Å². The van der Waals surface area contributed by atoms with Crippen molar-refractivity contribution < 1.29 is 4.39 Å². The van der Waals surface area contributed by atoms with Gasteiger partial charge in [0.1, 0.15) is 0 Å². The zero-order valence-corrected chi connectivity index (χ0v) is 9.89. The molecule has 1 aromatic rings. The second-order valence-electron chi connectivity index (χ2n) is 3.52. The van der Waals surface area contributed by atoms with E-state index in [9.17, 15) is 4.39 Å². The van der Waals surface area contributed by atoms with E-state index in [1.165, 1.54) is 0 Å². The topological polar surface area (TPSA) is 16.1 Å². The first-order valence-electron chi connectivity index (χ1n) is 5.11. The minimum atomic E-state index is -0.300. The fraction of sp³-hybridized carbons (Fsp3) is 0.545. The highest BCUT2D eigenvalue weighted by Gasteiger charge is 2.11. The third kappa shape index (κ3) is 3.06. The summed E-state index contributed by atoms with van der Waals surface area (Å²) >= 11 is 5.63. The number of aromatic nitrogens is 1. The van der Waals surface area contributed by atoms with Crippen LogP contribution in [0.5, 0.6) is 0 Å². The van der Waals surface area contributed by atoms with Crippen LogP contribution in [-0.2, 0) is 5.88 Å². The zero-order valence-electron chi connectivity index (χ0n) is 9.13. The van der Waals surface area contributed by atoms with Gasteiger partial charge < -0.3 is 4.90 Å². The number of hydrogen-bond acceptors (Lipinski definition) is 2. The van der Waals surface area contributed by atoms with Crippen molar-refractivity contribution in [1.29, 1.82) is 0 Å². The Bertz CT molecular complexity index is 317. The molecule has 84 valence electrons. The predicted octanol–water partition coefficient (Wildman–Crippen LogP) is 3.20. The van der Waals surface area contributed by atoms with Crippen molar-refractivity contribution in [3.8, 4) is 0 Å². The first-order valence-corrected chi connectivity index (χ1v) is 5.64. The van der Waals surface area contributed by atoms with Gasteiger partial charge in [0, 0.05) is 25.4 Å². The van der Waals surface area contributed by atoms with Gasteiger partial charge in [-0.3, -0.25) is 0 Å². The quantitative estimate of drug-likeness (QED) is 0.723. The van der Waals surface area contributed by atoms with E-state index < -0.39 is 0 Å². The molecular weight excluding hydrogens is 215 g/mol. The molecule has 0 N–H and O–H groups in total. The van der Waals surface area contributed by atoms with Crippen molar-refractivity contribution in [2.24, 2.45) is 0 Å². The third-order valence-corrected chi connectivity index (χ3v) is 2.59. The van der Waals surface area contributed by atoms with Gasteiger partial charge in [0.2, 0.25) is 0 Å². The Kier molecular flexibility index (Phi) is 4.82. The molecule has 15 heavy (non-hydrogen) atoms. The first kappa shape index (κ1) is 12.2. The molecule has 2 nitrogen and oxygen atoms in total. The predicted molar refractivity (Wildman–Crippen MR) is 61.9 cm³/mol. The molecular formula is C11H16ClFN2. The van der Waals surface area contributed by atoms with Crippen LogP contribution in [-0.4, -0.2) is 18.6 Å². The fourth-order valence-corrected chi connectivity index (χ4v) is 1.55. The van der Waals surface area contributed by atoms with Crippen LogP contribution >= 0.6 is 11.6 Å². The average molecular weight is 231 g/mol. The summed E-state index contributed by atoms with van der Waals surface area (Å²) in [5.74, 6) is 0.274. The van der Waals surface area contributed by atoms with Crippen molar-refractivity contribution in [3.05, 3.63) is 23.6 Å². The Morgan fingerprint density at radius 2 is 2.27 bits per heavy atom. The zero-order chi connectivity index (χ0) is 11.3. The molecule has 0 spiro atoms. The summed E-state index contributed by atoms with van der Waals surface area (Å²) in [4.78, 5) is 5.86. The summed E-state index contributed by atoms with van der Waals surface area (Å²) in [5, 5.41) is 0. The number of alkyl halides is 1. The van der Waals surface area contributed by atoms with Gasteiger partial charge in [-0.2, -0.15) is 0 Å². The summed E-state index contributed by atoms with van der Waals surface area (Å²) < 4.78 is 13.8. The molecule has 0 fully saturated rings. The lowest BCUT2D eigenvalue weighted by molar-refractivity contribution is 0.602. The minimum Gasteiger partial charge on any atom is -0.357 e. The van der Waals surface area contributed by atoms with Gasteiger partial charge in [0.05, 0.1) is 5.88 Å². The van der Waals surface area contributed by atoms with Gasteiger partial charge in [-0.25, -0.2) is 9.37 Å². The lowest BCUT2D eigenvalue weighted by Gasteiger charge is -2.18. The number of hydrogen-bond donors (Lipinski definition) is 0. The molecule has 0 atom stereocenters. The van der Waals surface area contributed by atoms with Crippen LogP contribution in [0.4, 0.5) is 10.2 Å². The second kappa shape index (κ2) is 5.91. The molecule has 0 radical (unpaired) electrons. The monoisotopic (exact) mass is 230 g/mol. The molecule has 4 heteroatoms. The SMILES string of the molecule is CCCCN(C)c1nccc(CCl)c1F. The molecule has 0 amide bonds. The van der Waals surface area contributed by atoms with Crippen LogP contribution in [0.15, 0.2) is 12.3 Å². The van der Waals surface area contributed by atoms with Crippen molar-refractivity contribution in [2.45, 2.75) is 25.6 Å². The number of nitrogens with zero attached hydrogens (tertiary/aromatic N) is 2. The van der Waals surface area contributed by atoms with Crippen LogP contribution in [0.1, 0.15) is 25.3 Å². The van der Waals surface area contributed by atoms with Crippen LogP contribution < -0.4 is 4.90 Å². The molecule has 0 unspecified atom stereocenters. The van der Waals surface area contributed by atoms with Crippen LogP contribution in [0.3, 0.4) is 0 Å². The molecule has 0 aliphatic rings. The lowest BCUT2D eigenvalue weighted by Crippen LogP contribution is -2.21. The van der Waals surface area contributed by atoms with E-state index >= 15 is 0 Å². The molecule has 1 rings (SSSR count). The van der Waals surface area contributed by atoms with Crippen molar-refractivity contribution in [2.75, 3.05) is 18.5 Å². The summed E-state index contributed by atoms with van der Waals surface area (Å²) in [5.41, 5.74) is 0.505. The Labute approximate surface area is 95.1 Å². The van der Waals surface area contributed by atoms with Gasteiger partial charge in [-0.15, -0.1) is 11.6 Å².